The molecule has 1 amide bonds. The number of rotatable bonds is 7. The number of fused-ring (bicyclic) bond motifs is 1. The van der Waals surface area contributed by atoms with Crippen molar-refractivity contribution >= 4 is 27.3 Å². The number of hydrogen-bond donors (Lipinski definition) is 1. The predicted molar refractivity (Wildman–Crippen MR) is 108 cm³/mol. The van der Waals surface area contributed by atoms with E-state index in [2.05, 4.69) is 17.2 Å². The highest BCUT2D eigenvalue weighted by atomic mass is 32.2. The fourth-order valence-corrected chi connectivity index (χ4v) is 4.85. The van der Waals surface area contributed by atoms with E-state index in [1.807, 2.05) is 6.07 Å². The third-order valence-electron chi connectivity index (χ3n) is 4.63. The Labute approximate surface area is 160 Å². The number of aryl methyl sites for hydroxylation is 1. The zero-order chi connectivity index (χ0) is 19.3. The molecule has 0 radical (unpaired) electrons. The Morgan fingerprint density at radius 3 is 2.74 bits per heavy atom. The molecule has 1 aromatic heterocycles. The molecule has 3 rings (SSSR count). The highest BCUT2D eigenvalue weighted by molar-refractivity contribution is 7.92. The molecule has 1 aliphatic heterocycles. The minimum Gasteiger partial charge on any atom is -0.321 e. The van der Waals surface area contributed by atoms with Gasteiger partial charge in [-0.3, -0.25) is 14.1 Å². The van der Waals surface area contributed by atoms with Crippen LogP contribution in [-0.4, -0.2) is 31.6 Å². The van der Waals surface area contributed by atoms with Gasteiger partial charge in [-0.15, -0.1) is 0 Å². The summed E-state index contributed by atoms with van der Waals surface area (Å²) in [5, 5.41) is 2.81. The SMILES string of the molecule is CCCCCS(=O)(=O)N1CCCc2ncc(NC(=O)c3ccccc3)cc21. The first kappa shape index (κ1) is 19.4. The first-order valence-corrected chi connectivity index (χ1v) is 11.0. The Kier molecular flexibility index (Phi) is 6.11. The van der Waals surface area contributed by atoms with Crippen LogP contribution in [0.4, 0.5) is 11.4 Å². The Balaban J connectivity index is 1.82. The normalized spacial score (nSPS) is 13.9. The Hall–Kier alpha value is -2.41. The van der Waals surface area contributed by atoms with Crippen molar-refractivity contribution in [3.05, 3.63) is 53.9 Å². The maximum absolute atomic E-state index is 12.8. The van der Waals surface area contributed by atoms with E-state index in [0.717, 1.165) is 31.4 Å². The number of hydrogen-bond acceptors (Lipinski definition) is 4. The number of nitrogens with one attached hydrogen (secondary N) is 1. The largest absolute Gasteiger partial charge is 0.321 e. The number of aromatic nitrogens is 1. The van der Waals surface area contributed by atoms with E-state index in [9.17, 15) is 13.2 Å². The molecule has 0 aliphatic carbocycles. The molecular formula is C20H25N3O3S. The lowest BCUT2D eigenvalue weighted by atomic mass is 10.1. The van der Waals surface area contributed by atoms with E-state index >= 15 is 0 Å². The maximum Gasteiger partial charge on any atom is 0.255 e. The second kappa shape index (κ2) is 8.52. The topological polar surface area (TPSA) is 79.4 Å². The molecule has 0 fully saturated rings. The van der Waals surface area contributed by atoms with Gasteiger partial charge in [0.25, 0.3) is 5.91 Å². The Morgan fingerprint density at radius 2 is 2.00 bits per heavy atom. The number of sulfonamides is 1. The van der Waals surface area contributed by atoms with Crippen molar-refractivity contribution in [2.24, 2.45) is 0 Å². The van der Waals surface area contributed by atoms with Crippen molar-refractivity contribution in [3.8, 4) is 0 Å². The number of pyridine rings is 1. The van der Waals surface area contributed by atoms with Gasteiger partial charge in [-0.2, -0.15) is 0 Å². The predicted octanol–water partition coefficient (Wildman–Crippen LogP) is 3.61. The standard InChI is InChI=1S/C20H25N3O3S/c1-2-3-7-13-27(25,26)23-12-8-11-18-19(23)14-17(15-21-18)22-20(24)16-9-5-4-6-10-16/h4-6,9-10,14-15H,2-3,7-8,11-13H2,1H3,(H,22,24). The monoisotopic (exact) mass is 387 g/mol. The lowest BCUT2D eigenvalue weighted by molar-refractivity contribution is 0.102. The molecule has 2 heterocycles. The van der Waals surface area contributed by atoms with Crippen LogP contribution < -0.4 is 9.62 Å². The molecule has 6 nitrogen and oxygen atoms in total. The number of carbonyl (C=O) groups excluding carboxylic acids is 1. The molecule has 0 saturated carbocycles. The molecule has 2 aromatic rings. The third-order valence-corrected chi connectivity index (χ3v) is 6.48. The summed E-state index contributed by atoms with van der Waals surface area (Å²) in [4.78, 5) is 16.8. The van der Waals surface area contributed by atoms with Gasteiger partial charge in [0.1, 0.15) is 0 Å². The zero-order valence-corrected chi connectivity index (χ0v) is 16.3. The van der Waals surface area contributed by atoms with Crippen molar-refractivity contribution < 1.29 is 13.2 Å². The number of amides is 1. The fraction of sp³-hybridized carbons (Fsp3) is 0.400. The molecule has 0 bridgehead atoms. The van der Waals surface area contributed by atoms with Crippen LogP contribution in [0.2, 0.25) is 0 Å². The van der Waals surface area contributed by atoms with E-state index in [1.54, 1.807) is 36.5 Å². The van der Waals surface area contributed by atoms with Gasteiger partial charge in [-0.05, 0) is 37.5 Å². The van der Waals surface area contributed by atoms with Gasteiger partial charge in [0.05, 0.1) is 29.0 Å². The molecule has 7 heteroatoms. The highest BCUT2D eigenvalue weighted by Gasteiger charge is 2.28. The van der Waals surface area contributed by atoms with Crippen LogP contribution in [0, 0.1) is 0 Å². The van der Waals surface area contributed by atoms with E-state index in [1.165, 1.54) is 4.31 Å². The van der Waals surface area contributed by atoms with Crippen LogP contribution in [0.25, 0.3) is 0 Å². The number of benzene rings is 1. The summed E-state index contributed by atoms with van der Waals surface area (Å²) < 4.78 is 27.0. The minimum atomic E-state index is -3.39. The first-order chi connectivity index (χ1) is 13.0. The molecular weight excluding hydrogens is 362 g/mol. The smallest absolute Gasteiger partial charge is 0.255 e. The lowest BCUT2D eigenvalue weighted by Gasteiger charge is -2.30. The lowest BCUT2D eigenvalue weighted by Crippen LogP contribution is -2.37. The van der Waals surface area contributed by atoms with E-state index in [-0.39, 0.29) is 11.7 Å². The van der Waals surface area contributed by atoms with Crippen LogP contribution in [0.15, 0.2) is 42.6 Å². The third kappa shape index (κ3) is 4.66. The second-order valence-corrected chi connectivity index (χ2v) is 8.72. The Morgan fingerprint density at radius 1 is 1.22 bits per heavy atom. The van der Waals surface area contributed by atoms with Crippen LogP contribution in [-0.2, 0) is 16.4 Å². The molecule has 0 atom stereocenters. The fourth-order valence-electron chi connectivity index (χ4n) is 3.20. The summed E-state index contributed by atoms with van der Waals surface area (Å²) in [5.41, 5.74) is 2.39. The first-order valence-electron chi connectivity index (χ1n) is 9.37. The van der Waals surface area contributed by atoms with Gasteiger partial charge >= 0.3 is 0 Å². The summed E-state index contributed by atoms with van der Waals surface area (Å²) in [7, 11) is -3.39. The quantitative estimate of drug-likeness (QED) is 0.736. The van der Waals surface area contributed by atoms with Crippen LogP contribution in [0.5, 0.6) is 0 Å². The number of nitrogens with zero attached hydrogens (tertiary/aromatic N) is 2. The van der Waals surface area contributed by atoms with Crippen molar-refractivity contribution in [1.82, 2.24) is 4.98 Å². The molecule has 1 N–H and O–H groups in total. The molecule has 0 saturated heterocycles. The number of unbranched alkanes of at least 4 members (excludes halogenated alkanes) is 2. The molecule has 1 aromatic carbocycles. The van der Waals surface area contributed by atoms with Crippen LogP contribution in [0.1, 0.15) is 48.7 Å². The van der Waals surface area contributed by atoms with E-state index in [4.69, 9.17) is 0 Å². The van der Waals surface area contributed by atoms with Crippen molar-refractivity contribution in [1.29, 1.82) is 0 Å². The Bertz CT molecular complexity index is 898. The van der Waals surface area contributed by atoms with Gasteiger partial charge < -0.3 is 5.32 Å². The molecule has 0 spiro atoms. The molecule has 144 valence electrons. The van der Waals surface area contributed by atoms with Gasteiger partial charge in [-0.1, -0.05) is 38.0 Å². The summed E-state index contributed by atoms with van der Waals surface area (Å²) in [6.07, 6.45) is 5.61. The number of carbonyl (C=O) groups is 1. The number of anilines is 2. The molecule has 0 unspecified atom stereocenters. The van der Waals surface area contributed by atoms with Gasteiger partial charge in [-0.25, -0.2) is 8.42 Å². The van der Waals surface area contributed by atoms with Crippen molar-refractivity contribution in [2.45, 2.75) is 39.0 Å². The van der Waals surface area contributed by atoms with Gasteiger partial charge in [0.15, 0.2) is 0 Å². The van der Waals surface area contributed by atoms with Crippen molar-refractivity contribution in [2.75, 3.05) is 21.9 Å². The maximum atomic E-state index is 12.8. The molecule has 1 aliphatic rings. The average molecular weight is 388 g/mol. The molecule has 27 heavy (non-hydrogen) atoms. The van der Waals surface area contributed by atoms with Crippen LogP contribution >= 0.6 is 0 Å². The summed E-state index contributed by atoms with van der Waals surface area (Å²) in [6, 6.07) is 10.6. The summed E-state index contributed by atoms with van der Waals surface area (Å²) >= 11 is 0. The zero-order valence-electron chi connectivity index (χ0n) is 15.5. The average Bonchev–Trinajstić information content (AvgIpc) is 2.68. The summed E-state index contributed by atoms with van der Waals surface area (Å²) in [5.74, 6) is -0.105. The van der Waals surface area contributed by atoms with E-state index < -0.39 is 10.0 Å². The van der Waals surface area contributed by atoms with Crippen LogP contribution in [0.3, 0.4) is 0 Å². The second-order valence-electron chi connectivity index (χ2n) is 6.71. The minimum absolute atomic E-state index is 0.140. The van der Waals surface area contributed by atoms with Crippen molar-refractivity contribution in [3.63, 3.8) is 0 Å². The van der Waals surface area contributed by atoms with E-state index in [0.29, 0.717) is 29.9 Å². The van der Waals surface area contributed by atoms with Gasteiger partial charge in [0, 0.05) is 12.1 Å². The highest BCUT2D eigenvalue weighted by Crippen LogP contribution is 2.31. The van der Waals surface area contributed by atoms with Gasteiger partial charge in [0.2, 0.25) is 10.0 Å². The summed E-state index contributed by atoms with van der Waals surface area (Å²) in [6.45, 7) is 2.51.